The molecule has 0 radical (unpaired) electrons. The summed E-state index contributed by atoms with van der Waals surface area (Å²) in [4.78, 5) is 0. The smallest absolute Gasteiger partial charge is 0.00671 e. The van der Waals surface area contributed by atoms with Crippen LogP contribution >= 0.6 is 0 Å². The Bertz CT molecular complexity index is 106. The minimum absolute atomic E-state index is 0.505. The summed E-state index contributed by atoms with van der Waals surface area (Å²) in [5.41, 5.74) is 6.13. The van der Waals surface area contributed by atoms with Crippen LogP contribution in [0.25, 0.3) is 0 Å². The van der Waals surface area contributed by atoms with E-state index in [-0.39, 0.29) is 0 Å². The molecule has 72 valence electrons. The molecule has 1 unspecified atom stereocenters. The minimum Gasteiger partial charge on any atom is -0.327 e. The molecule has 1 nitrogen and oxygen atoms in total. The first kappa shape index (κ1) is 10.0. The number of nitrogens with two attached hydrogens (primary N) is 1. The SMILES string of the molecule is CCCCC(N)C1CCCCC1. The molecule has 0 heterocycles. The molecule has 1 fully saturated rings. The second-order valence-corrected chi connectivity index (χ2v) is 4.20. The second kappa shape index (κ2) is 5.58. The van der Waals surface area contributed by atoms with Gasteiger partial charge in [0.2, 0.25) is 0 Å². The molecule has 0 aromatic carbocycles. The van der Waals surface area contributed by atoms with Crippen LogP contribution in [0.3, 0.4) is 0 Å². The van der Waals surface area contributed by atoms with Crippen molar-refractivity contribution in [2.24, 2.45) is 11.7 Å². The Hall–Kier alpha value is -0.0400. The molecule has 2 N–H and O–H groups in total. The molecule has 1 aliphatic carbocycles. The maximum absolute atomic E-state index is 6.13. The highest BCUT2D eigenvalue weighted by Crippen LogP contribution is 2.27. The van der Waals surface area contributed by atoms with Crippen molar-refractivity contribution >= 4 is 0 Å². The Labute approximate surface area is 76.7 Å². The number of hydrogen-bond donors (Lipinski definition) is 1. The summed E-state index contributed by atoms with van der Waals surface area (Å²) < 4.78 is 0. The number of hydrogen-bond acceptors (Lipinski definition) is 1. The van der Waals surface area contributed by atoms with Crippen molar-refractivity contribution in [2.75, 3.05) is 0 Å². The van der Waals surface area contributed by atoms with Crippen molar-refractivity contribution in [2.45, 2.75) is 64.3 Å². The molecular weight excluding hydrogens is 146 g/mol. The molecule has 1 atom stereocenters. The monoisotopic (exact) mass is 169 g/mol. The molecule has 1 heteroatoms. The van der Waals surface area contributed by atoms with Crippen LogP contribution in [0.4, 0.5) is 0 Å². The zero-order chi connectivity index (χ0) is 8.81. The minimum atomic E-state index is 0.505. The zero-order valence-corrected chi connectivity index (χ0v) is 8.39. The molecule has 0 aromatic rings. The standard InChI is InChI=1S/C11H23N/c1-2-3-9-11(12)10-7-5-4-6-8-10/h10-11H,2-9,12H2,1H3. The van der Waals surface area contributed by atoms with Crippen molar-refractivity contribution in [3.8, 4) is 0 Å². The Morgan fingerprint density at radius 1 is 1.25 bits per heavy atom. The summed E-state index contributed by atoms with van der Waals surface area (Å²) in [6.07, 6.45) is 10.9. The molecule has 12 heavy (non-hydrogen) atoms. The summed E-state index contributed by atoms with van der Waals surface area (Å²) in [7, 11) is 0. The molecule has 0 aromatic heterocycles. The molecule has 1 saturated carbocycles. The Kier molecular flexibility index (Phi) is 4.67. The van der Waals surface area contributed by atoms with Crippen LogP contribution in [-0.4, -0.2) is 6.04 Å². The second-order valence-electron chi connectivity index (χ2n) is 4.20. The Morgan fingerprint density at radius 3 is 2.50 bits per heavy atom. The lowest BCUT2D eigenvalue weighted by Gasteiger charge is -2.27. The summed E-state index contributed by atoms with van der Waals surface area (Å²) in [6, 6.07) is 0.505. The van der Waals surface area contributed by atoms with Gasteiger partial charge in [-0.2, -0.15) is 0 Å². The summed E-state index contributed by atoms with van der Waals surface area (Å²) >= 11 is 0. The highest BCUT2D eigenvalue weighted by Gasteiger charge is 2.19. The van der Waals surface area contributed by atoms with E-state index in [9.17, 15) is 0 Å². The van der Waals surface area contributed by atoms with Crippen molar-refractivity contribution in [3.05, 3.63) is 0 Å². The van der Waals surface area contributed by atoms with Crippen molar-refractivity contribution in [1.82, 2.24) is 0 Å². The third kappa shape index (κ3) is 3.14. The van der Waals surface area contributed by atoms with E-state index in [1.807, 2.05) is 0 Å². The van der Waals surface area contributed by atoms with Gasteiger partial charge in [-0.1, -0.05) is 39.0 Å². The largest absolute Gasteiger partial charge is 0.327 e. The lowest BCUT2D eigenvalue weighted by molar-refractivity contribution is 0.291. The average Bonchev–Trinajstić information content (AvgIpc) is 2.15. The first-order chi connectivity index (χ1) is 5.84. The first-order valence-corrected chi connectivity index (χ1v) is 5.60. The Morgan fingerprint density at radius 2 is 1.92 bits per heavy atom. The first-order valence-electron chi connectivity index (χ1n) is 5.60. The molecule has 0 amide bonds. The molecule has 1 aliphatic rings. The van der Waals surface area contributed by atoms with Crippen LogP contribution in [0, 0.1) is 5.92 Å². The normalized spacial score (nSPS) is 22.5. The van der Waals surface area contributed by atoms with E-state index in [4.69, 9.17) is 5.73 Å². The predicted molar refractivity (Wildman–Crippen MR) is 54.1 cm³/mol. The summed E-state index contributed by atoms with van der Waals surface area (Å²) in [5.74, 6) is 0.852. The van der Waals surface area contributed by atoms with Gasteiger partial charge in [0.1, 0.15) is 0 Å². The van der Waals surface area contributed by atoms with Gasteiger partial charge < -0.3 is 5.73 Å². The number of unbranched alkanes of at least 4 members (excludes halogenated alkanes) is 1. The summed E-state index contributed by atoms with van der Waals surface area (Å²) in [6.45, 7) is 2.24. The van der Waals surface area contributed by atoms with Crippen LogP contribution in [0.15, 0.2) is 0 Å². The lowest BCUT2D eigenvalue weighted by atomic mass is 9.82. The highest BCUT2D eigenvalue weighted by molar-refractivity contribution is 4.76. The highest BCUT2D eigenvalue weighted by atomic mass is 14.6. The van der Waals surface area contributed by atoms with Crippen LogP contribution in [0.1, 0.15) is 58.3 Å². The summed E-state index contributed by atoms with van der Waals surface area (Å²) in [5, 5.41) is 0. The molecule has 0 aliphatic heterocycles. The molecule has 0 spiro atoms. The lowest BCUT2D eigenvalue weighted by Crippen LogP contribution is -2.31. The van der Waals surface area contributed by atoms with Gasteiger partial charge in [-0.05, 0) is 25.2 Å². The molecule has 0 saturated heterocycles. The maximum Gasteiger partial charge on any atom is 0.00671 e. The van der Waals surface area contributed by atoms with Crippen molar-refractivity contribution in [3.63, 3.8) is 0 Å². The third-order valence-electron chi connectivity index (χ3n) is 3.15. The number of rotatable bonds is 4. The van der Waals surface area contributed by atoms with Gasteiger partial charge in [0.15, 0.2) is 0 Å². The van der Waals surface area contributed by atoms with Gasteiger partial charge in [0.25, 0.3) is 0 Å². The van der Waals surface area contributed by atoms with E-state index in [2.05, 4.69) is 6.92 Å². The van der Waals surface area contributed by atoms with E-state index >= 15 is 0 Å². The van der Waals surface area contributed by atoms with Gasteiger partial charge in [-0.25, -0.2) is 0 Å². The molecule has 0 bridgehead atoms. The molecule has 1 rings (SSSR count). The average molecular weight is 169 g/mol. The van der Waals surface area contributed by atoms with Gasteiger partial charge in [-0.3, -0.25) is 0 Å². The van der Waals surface area contributed by atoms with Crippen LogP contribution in [0.2, 0.25) is 0 Å². The topological polar surface area (TPSA) is 26.0 Å². The van der Waals surface area contributed by atoms with Crippen LogP contribution < -0.4 is 5.73 Å². The van der Waals surface area contributed by atoms with E-state index in [1.165, 1.54) is 51.4 Å². The van der Waals surface area contributed by atoms with Gasteiger partial charge in [0.05, 0.1) is 0 Å². The van der Waals surface area contributed by atoms with Crippen LogP contribution in [-0.2, 0) is 0 Å². The Balaban J connectivity index is 2.15. The van der Waals surface area contributed by atoms with Crippen molar-refractivity contribution in [1.29, 1.82) is 0 Å². The van der Waals surface area contributed by atoms with Gasteiger partial charge in [-0.15, -0.1) is 0 Å². The fourth-order valence-corrected chi connectivity index (χ4v) is 2.24. The quantitative estimate of drug-likeness (QED) is 0.687. The van der Waals surface area contributed by atoms with Gasteiger partial charge >= 0.3 is 0 Å². The zero-order valence-electron chi connectivity index (χ0n) is 8.39. The van der Waals surface area contributed by atoms with Crippen LogP contribution in [0.5, 0.6) is 0 Å². The molecular formula is C11H23N. The van der Waals surface area contributed by atoms with Gasteiger partial charge in [0, 0.05) is 6.04 Å². The van der Waals surface area contributed by atoms with E-state index < -0.39 is 0 Å². The predicted octanol–water partition coefficient (Wildman–Crippen LogP) is 3.08. The van der Waals surface area contributed by atoms with Crippen molar-refractivity contribution < 1.29 is 0 Å². The van der Waals surface area contributed by atoms with E-state index in [0.29, 0.717) is 6.04 Å². The fourth-order valence-electron chi connectivity index (χ4n) is 2.24. The third-order valence-corrected chi connectivity index (χ3v) is 3.15. The fraction of sp³-hybridized carbons (Fsp3) is 1.00. The van der Waals surface area contributed by atoms with E-state index in [0.717, 1.165) is 5.92 Å². The maximum atomic E-state index is 6.13. The van der Waals surface area contributed by atoms with E-state index in [1.54, 1.807) is 0 Å².